The number of rotatable bonds is 7. The number of aromatic nitrogens is 2. The number of nitrogens with one attached hydrogen (secondary N) is 1. The van der Waals surface area contributed by atoms with Crippen molar-refractivity contribution in [3.8, 4) is 22.8 Å². The van der Waals surface area contributed by atoms with E-state index in [4.69, 9.17) is 9.47 Å². The molecule has 0 atom stereocenters. The zero-order chi connectivity index (χ0) is 23.7. The summed E-state index contributed by atoms with van der Waals surface area (Å²) in [7, 11) is 3.23. The first-order chi connectivity index (χ1) is 16.6. The number of methoxy groups -OCH3 is 2. The molecule has 0 spiro atoms. The molecular formula is C26H22FN3O3S. The number of nitrogens with zero attached hydrogens (tertiary/aromatic N) is 2. The van der Waals surface area contributed by atoms with Crippen LogP contribution in [0.2, 0.25) is 0 Å². The lowest BCUT2D eigenvalue weighted by molar-refractivity contribution is 0.0954. The summed E-state index contributed by atoms with van der Waals surface area (Å²) in [6.07, 6.45) is 2.57. The third-order valence-corrected chi connectivity index (χ3v) is 6.69. The van der Waals surface area contributed by atoms with Crippen LogP contribution in [0, 0.1) is 5.82 Å². The van der Waals surface area contributed by atoms with Crippen LogP contribution in [-0.2, 0) is 6.42 Å². The second kappa shape index (κ2) is 9.15. The smallest absolute Gasteiger partial charge is 0.251 e. The third-order valence-electron chi connectivity index (χ3n) is 5.67. The summed E-state index contributed by atoms with van der Waals surface area (Å²) in [4.78, 5) is 18.2. The van der Waals surface area contributed by atoms with Crippen molar-refractivity contribution in [1.29, 1.82) is 0 Å². The molecule has 0 aliphatic rings. The second-order valence-corrected chi connectivity index (χ2v) is 8.76. The third kappa shape index (κ3) is 4.20. The first-order valence-electron chi connectivity index (χ1n) is 10.7. The summed E-state index contributed by atoms with van der Waals surface area (Å²) >= 11 is 1.51. The Bertz CT molecular complexity index is 1490. The Morgan fingerprint density at radius 2 is 1.88 bits per heavy atom. The highest BCUT2D eigenvalue weighted by Crippen LogP contribution is 2.30. The van der Waals surface area contributed by atoms with Crippen LogP contribution in [0.4, 0.5) is 4.39 Å². The number of halogens is 1. The summed E-state index contributed by atoms with van der Waals surface area (Å²) in [5.74, 6) is 1.05. The lowest BCUT2D eigenvalue weighted by atomic mass is 10.1. The van der Waals surface area contributed by atoms with Crippen molar-refractivity contribution < 1.29 is 18.7 Å². The van der Waals surface area contributed by atoms with Gasteiger partial charge in [0, 0.05) is 29.9 Å². The molecule has 0 fully saturated rings. The van der Waals surface area contributed by atoms with E-state index in [0.29, 0.717) is 18.5 Å². The van der Waals surface area contributed by atoms with Gasteiger partial charge >= 0.3 is 0 Å². The van der Waals surface area contributed by atoms with Crippen molar-refractivity contribution in [2.45, 2.75) is 6.42 Å². The quantitative estimate of drug-likeness (QED) is 0.345. The van der Waals surface area contributed by atoms with E-state index in [9.17, 15) is 9.18 Å². The van der Waals surface area contributed by atoms with Gasteiger partial charge < -0.3 is 14.8 Å². The van der Waals surface area contributed by atoms with E-state index in [1.165, 1.54) is 23.5 Å². The van der Waals surface area contributed by atoms with Gasteiger partial charge in [-0.1, -0.05) is 17.4 Å². The summed E-state index contributed by atoms with van der Waals surface area (Å²) in [5.41, 5.74) is 4.20. The molecule has 5 aromatic rings. The van der Waals surface area contributed by atoms with Crippen molar-refractivity contribution in [3.63, 3.8) is 0 Å². The van der Waals surface area contributed by atoms with E-state index < -0.39 is 0 Å². The fraction of sp³-hybridized carbons (Fsp3) is 0.154. The Morgan fingerprint density at radius 1 is 1.06 bits per heavy atom. The Morgan fingerprint density at radius 3 is 2.65 bits per heavy atom. The van der Waals surface area contributed by atoms with Crippen LogP contribution >= 0.6 is 11.3 Å². The predicted octanol–water partition coefficient (Wildman–Crippen LogP) is 5.34. The van der Waals surface area contributed by atoms with Gasteiger partial charge in [0.1, 0.15) is 17.3 Å². The number of ether oxygens (including phenoxy) is 2. The molecule has 0 saturated carbocycles. The Balaban J connectivity index is 1.30. The van der Waals surface area contributed by atoms with Crippen LogP contribution in [0.1, 0.15) is 15.9 Å². The van der Waals surface area contributed by atoms with Crippen LogP contribution in [-0.4, -0.2) is 36.1 Å². The minimum atomic E-state index is -0.274. The standard InChI is InChI=1S/C26H22FN3O3S/c1-32-20-9-5-17(23(14-20)33-2)11-12-28-25(31)18-6-10-22-24(13-18)34-26-29-21(15-30(22)26)16-3-7-19(27)8-4-16/h3-10,13-15H,11-12H2,1-2H3,(H,28,31). The first kappa shape index (κ1) is 21.9. The normalized spacial score (nSPS) is 11.1. The predicted molar refractivity (Wildman–Crippen MR) is 132 cm³/mol. The minimum Gasteiger partial charge on any atom is -0.497 e. The molecule has 0 unspecified atom stereocenters. The second-order valence-electron chi connectivity index (χ2n) is 7.75. The highest BCUT2D eigenvalue weighted by molar-refractivity contribution is 7.23. The largest absolute Gasteiger partial charge is 0.497 e. The van der Waals surface area contributed by atoms with Gasteiger partial charge in [0.15, 0.2) is 4.96 Å². The van der Waals surface area contributed by atoms with Gasteiger partial charge in [0.05, 0.1) is 30.1 Å². The number of hydrogen-bond acceptors (Lipinski definition) is 5. The van der Waals surface area contributed by atoms with Crippen molar-refractivity contribution in [1.82, 2.24) is 14.7 Å². The maximum Gasteiger partial charge on any atom is 0.251 e. The van der Waals surface area contributed by atoms with Crippen LogP contribution in [0.25, 0.3) is 26.4 Å². The monoisotopic (exact) mass is 475 g/mol. The Kier molecular flexibility index (Phi) is 5.90. The Labute approximate surface area is 199 Å². The molecule has 34 heavy (non-hydrogen) atoms. The molecule has 2 aromatic heterocycles. The zero-order valence-corrected chi connectivity index (χ0v) is 19.5. The van der Waals surface area contributed by atoms with E-state index in [1.54, 1.807) is 26.4 Å². The van der Waals surface area contributed by atoms with Crippen molar-refractivity contribution >= 4 is 32.4 Å². The molecule has 2 heterocycles. The molecule has 0 bridgehead atoms. The van der Waals surface area contributed by atoms with Gasteiger partial charge in [-0.2, -0.15) is 0 Å². The molecule has 1 N–H and O–H groups in total. The average Bonchev–Trinajstić information content (AvgIpc) is 3.42. The molecular weight excluding hydrogens is 453 g/mol. The molecule has 3 aromatic carbocycles. The molecule has 5 rings (SSSR count). The lowest BCUT2D eigenvalue weighted by Gasteiger charge is -2.11. The summed E-state index contributed by atoms with van der Waals surface area (Å²) in [6.45, 7) is 0.481. The van der Waals surface area contributed by atoms with Crippen molar-refractivity contribution in [3.05, 3.63) is 83.8 Å². The van der Waals surface area contributed by atoms with Gasteiger partial charge in [-0.3, -0.25) is 9.20 Å². The lowest BCUT2D eigenvalue weighted by Crippen LogP contribution is -2.25. The SMILES string of the molecule is COc1ccc(CCNC(=O)c2ccc3c(c2)sc2nc(-c4ccc(F)cc4)cn23)c(OC)c1. The van der Waals surface area contributed by atoms with Gasteiger partial charge in [0.2, 0.25) is 0 Å². The van der Waals surface area contributed by atoms with Crippen LogP contribution < -0.4 is 14.8 Å². The molecule has 8 heteroatoms. The molecule has 1 amide bonds. The topological polar surface area (TPSA) is 64.9 Å². The number of carbonyl (C=O) groups is 1. The van der Waals surface area contributed by atoms with Gasteiger partial charge in [-0.15, -0.1) is 0 Å². The summed E-state index contributed by atoms with van der Waals surface area (Å²) in [6, 6.07) is 17.6. The molecule has 0 aliphatic carbocycles. The van der Waals surface area contributed by atoms with Crippen LogP contribution in [0.3, 0.4) is 0 Å². The highest BCUT2D eigenvalue weighted by atomic mass is 32.1. The molecule has 172 valence electrons. The molecule has 0 saturated heterocycles. The number of fused-ring (bicyclic) bond motifs is 3. The highest BCUT2D eigenvalue weighted by Gasteiger charge is 2.13. The van der Waals surface area contributed by atoms with Crippen molar-refractivity contribution in [2.24, 2.45) is 0 Å². The number of benzene rings is 3. The summed E-state index contributed by atoms with van der Waals surface area (Å²) in [5, 5.41) is 2.98. The zero-order valence-electron chi connectivity index (χ0n) is 18.7. The van der Waals surface area contributed by atoms with Gasteiger partial charge in [-0.05, 0) is 60.5 Å². The van der Waals surface area contributed by atoms with E-state index >= 15 is 0 Å². The maximum atomic E-state index is 13.2. The number of imidazole rings is 1. The fourth-order valence-corrected chi connectivity index (χ4v) is 4.92. The van der Waals surface area contributed by atoms with E-state index in [-0.39, 0.29) is 11.7 Å². The van der Waals surface area contributed by atoms with E-state index in [1.807, 2.05) is 47.0 Å². The van der Waals surface area contributed by atoms with Gasteiger partial charge in [-0.25, -0.2) is 9.37 Å². The van der Waals surface area contributed by atoms with E-state index in [0.717, 1.165) is 43.5 Å². The molecule has 0 aliphatic heterocycles. The molecule has 0 radical (unpaired) electrons. The maximum absolute atomic E-state index is 13.2. The summed E-state index contributed by atoms with van der Waals surface area (Å²) < 4.78 is 26.8. The van der Waals surface area contributed by atoms with Crippen molar-refractivity contribution in [2.75, 3.05) is 20.8 Å². The fourth-order valence-electron chi connectivity index (χ4n) is 3.87. The van der Waals surface area contributed by atoms with Gasteiger partial charge in [0.25, 0.3) is 5.91 Å². The average molecular weight is 476 g/mol. The van der Waals surface area contributed by atoms with E-state index in [2.05, 4.69) is 10.3 Å². The van der Waals surface area contributed by atoms with Crippen LogP contribution in [0.5, 0.6) is 11.5 Å². The first-order valence-corrected chi connectivity index (χ1v) is 11.5. The number of carbonyl (C=O) groups excluding carboxylic acids is 1. The number of amides is 1. The minimum absolute atomic E-state index is 0.132. The molecule has 6 nitrogen and oxygen atoms in total. The number of hydrogen-bond donors (Lipinski definition) is 1. The Hall–Kier alpha value is -3.91. The number of thiazole rings is 1. The van der Waals surface area contributed by atoms with Crippen LogP contribution in [0.15, 0.2) is 66.9 Å².